The van der Waals surface area contributed by atoms with E-state index in [1.807, 2.05) is 30.3 Å². The van der Waals surface area contributed by atoms with Crippen LogP contribution < -0.4 is 0 Å². The molecule has 2 rings (SSSR count). The van der Waals surface area contributed by atoms with E-state index in [9.17, 15) is 9.59 Å². The van der Waals surface area contributed by atoms with Crippen molar-refractivity contribution in [2.24, 2.45) is 0 Å². The zero-order chi connectivity index (χ0) is 15.1. The van der Waals surface area contributed by atoms with Gasteiger partial charge in [0.25, 0.3) is 0 Å². The van der Waals surface area contributed by atoms with Gasteiger partial charge in [-0.25, -0.2) is 9.59 Å². The van der Waals surface area contributed by atoms with Gasteiger partial charge in [0.1, 0.15) is 0 Å². The molecule has 0 heterocycles. The lowest BCUT2D eigenvalue weighted by Gasteiger charge is -2.12. The van der Waals surface area contributed by atoms with Crippen molar-refractivity contribution in [3.63, 3.8) is 0 Å². The fourth-order valence-corrected chi connectivity index (χ4v) is 1.77. The Labute approximate surface area is 122 Å². The highest BCUT2D eigenvalue weighted by atomic mass is 16.6. The average molecular weight is 282 g/mol. The average Bonchev–Trinajstić information content (AvgIpc) is 2.52. The second-order valence-electron chi connectivity index (χ2n) is 4.31. The molecular formula is C17H14O4. The molecular weight excluding hydrogens is 268 g/mol. The summed E-state index contributed by atoms with van der Waals surface area (Å²) in [6.45, 7) is 0. The summed E-state index contributed by atoms with van der Waals surface area (Å²) in [5, 5.41) is 9.16. The molecule has 0 aliphatic rings. The number of carbonyl (C=O) groups is 2. The van der Waals surface area contributed by atoms with E-state index in [1.54, 1.807) is 36.4 Å². The van der Waals surface area contributed by atoms with Crippen LogP contribution in [-0.4, -0.2) is 17.0 Å². The van der Waals surface area contributed by atoms with Gasteiger partial charge < -0.3 is 9.84 Å². The van der Waals surface area contributed by atoms with Crippen LogP contribution in [0, 0.1) is 0 Å². The fraction of sp³-hybridized carbons (Fsp3) is 0.0588. The molecule has 1 atom stereocenters. The normalized spacial score (nSPS) is 12.0. The molecule has 0 aliphatic heterocycles. The summed E-state index contributed by atoms with van der Waals surface area (Å²) < 4.78 is 4.99. The summed E-state index contributed by atoms with van der Waals surface area (Å²) in [6.07, 6.45) is 1.49. The molecule has 106 valence electrons. The second-order valence-corrected chi connectivity index (χ2v) is 4.31. The van der Waals surface area contributed by atoms with Gasteiger partial charge >= 0.3 is 11.9 Å². The fourth-order valence-electron chi connectivity index (χ4n) is 1.77. The third-order valence-corrected chi connectivity index (χ3v) is 2.77. The van der Waals surface area contributed by atoms with Crippen LogP contribution in [0.5, 0.6) is 0 Å². The lowest BCUT2D eigenvalue weighted by molar-refractivity contribution is -0.161. The first-order chi connectivity index (χ1) is 10.2. The monoisotopic (exact) mass is 282 g/mol. The van der Waals surface area contributed by atoms with Crippen molar-refractivity contribution >= 4 is 18.0 Å². The Morgan fingerprint density at radius 1 is 0.952 bits per heavy atom. The second kappa shape index (κ2) is 7.05. The van der Waals surface area contributed by atoms with Crippen molar-refractivity contribution in [2.45, 2.75) is 6.10 Å². The number of carboxylic acids is 1. The van der Waals surface area contributed by atoms with E-state index in [1.165, 1.54) is 6.08 Å². The molecule has 0 fully saturated rings. The summed E-state index contributed by atoms with van der Waals surface area (Å²) >= 11 is 0. The van der Waals surface area contributed by atoms with Crippen molar-refractivity contribution in [1.82, 2.24) is 0 Å². The molecule has 1 N–H and O–H groups in total. The Balaban J connectivity index is 2.06. The minimum Gasteiger partial charge on any atom is -0.478 e. The molecule has 4 heteroatoms. The summed E-state index contributed by atoms with van der Waals surface area (Å²) in [6, 6.07) is 17.6. The van der Waals surface area contributed by atoms with E-state index < -0.39 is 18.0 Å². The van der Waals surface area contributed by atoms with Crippen molar-refractivity contribution in [3.8, 4) is 0 Å². The summed E-state index contributed by atoms with van der Waals surface area (Å²) in [5.41, 5.74) is 1.26. The number of esters is 1. The van der Waals surface area contributed by atoms with E-state index in [2.05, 4.69) is 0 Å². The number of benzene rings is 2. The number of hydrogen-bond acceptors (Lipinski definition) is 3. The van der Waals surface area contributed by atoms with Gasteiger partial charge in [0, 0.05) is 11.6 Å². The Kier molecular flexibility index (Phi) is 4.88. The smallest absolute Gasteiger partial charge is 0.349 e. The predicted molar refractivity (Wildman–Crippen MR) is 78.4 cm³/mol. The van der Waals surface area contributed by atoms with Crippen molar-refractivity contribution in [2.75, 3.05) is 0 Å². The van der Waals surface area contributed by atoms with Gasteiger partial charge in [0.2, 0.25) is 6.10 Å². The number of carbonyl (C=O) groups excluding carboxylic acids is 1. The maximum atomic E-state index is 11.7. The highest BCUT2D eigenvalue weighted by Crippen LogP contribution is 2.18. The SMILES string of the molecule is O=C(C=Cc1ccccc1)OC(C(=O)O)c1ccccc1. The third kappa shape index (κ3) is 4.31. The molecule has 2 aromatic rings. The Morgan fingerprint density at radius 2 is 1.52 bits per heavy atom. The summed E-state index contributed by atoms with van der Waals surface area (Å²) in [4.78, 5) is 22.9. The Morgan fingerprint density at radius 3 is 2.10 bits per heavy atom. The number of ether oxygens (including phenoxy) is 1. The van der Waals surface area contributed by atoms with E-state index >= 15 is 0 Å². The lowest BCUT2D eigenvalue weighted by atomic mass is 10.1. The minimum absolute atomic E-state index is 0.423. The lowest BCUT2D eigenvalue weighted by Crippen LogP contribution is -2.18. The van der Waals surface area contributed by atoms with Crippen LogP contribution >= 0.6 is 0 Å². The third-order valence-electron chi connectivity index (χ3n) is 2.77. The van der Waals surface area contributed by atoms with E-state index in [4.69, 9.17) is 9.84 Å². The number of aliphatic carboxylic acids is 1. The van der Waals surface area contributed by atoms with Gasteiger partial charge in [-0.05, 0) is 11.6 Å². The Hall–Kier alpha value is -2.88. The quantitative estimate of drug-likeness (QED) is 0.676. The molecule has 0 spiro atoms. The zero-order valence-electron chi connectivity index (χ0n) is 11.2. The van der Waals surface area contributed by atoms with E-state index in [0.717, 1.165) is 5.56 Å². The molecule has 4 nitrogen and oxygen atoms in total. The van der Waals surface area contributed by atoms with Crippen LogP contribution in [0.3, 0.4) is 0 Å². The van der Waals surface area contributed by atoms with Crippen LogP contribution in [0.4, 0.5) is 0 Å². The first kappa shape index (κ1) is 14.5. The van der Waals surface area contributed by atoms with Gasteiger partial charge in [-0.2, -0.15) is 0 Å². The maximum Gasteiger partial charge on any atom is 0.349 e. The minimum atomic E-state index is -1.31. The molecule has 0 aromatic heterocycles. The molecule has 0 aliphatic carbocycles. The maximum absolute atomic E-state index is 11.7. The van der Waals surface area contributed by atoms with E-state index in [0.29, 0.717) is 5.56 Å². The van der Waals surface area contributed by atoms with Crippen LogP contribution in [0.1, 0.15) is 17.2 Å². The molecule has 1 unspecified atom stereocenters. The number of rotatable bonds is 5. The van der Waals surface area contributed by atoms with Gasteiger partial charge in [0.05, 0.1) is 0 Å². The molecule has 21 heavy (non-hydrogen) atoms. The largest absolute Gasteiger partial charge is 0.478 e. The highest BCUT2D eigenvalue weighted by Gasteiger charge is 2.23. The molecule has 0 amide bonds. The molecule has 0 radical (unpaired) electrons. The first-order valence-electron chi connectivity index (χ1n) is 6.38. The standard InChI is InChI=1S/C17H14O4/c18-15(12-11-13-7-3-1-4-8-13)21-16(17(19)20)14-9-5-2-6-10-14/h1-12,16H,(H,19,20). The molecule has 0 saturated heterocycles. The highest BCUT2D eigenvalue weighted by molar-refractivity contribution is 5.89. The van der Waals surface area contributed by atoms with Crippen LogP contribution in [0.25, 0.3) is 6.08 Å². The van der Waals surface area contributed by atoms with Crippen molar-refractivity contribution in [3.05, 3.63) is 77.9 Å². The van der Waals surface area contributed by atoms with Crippen LogP contribution in [-0.2, 0) is 14.3 Å². The number of hydrogen-bond donors (Lipinski definition) is 1. The molecule has 2 aromatic carbocycles. The zero-order valence-corrected chi connectivity index (χ0v) is 11.2. The van der Waals surface area contributed by atoms with Gasteiger partial charge in [-0.3, -0.25) is 0 Å². The van der Waals surface area contributed by atoms with Crippen molar-refractivity contribution < 1.29 is 19.4 Å². The Bertz CT molecular complexity index is 632. The van der Waals surface area contributed by atoms with Gasteiger partial charge in [-0.1, -0.05) is 60.7 Å². The summed E-state index contributed by atoms with van der Waals surface area (Å²) in [5.74, 6) is -1.90. The van der Waals surface area contributed by atoms with Gasteiger partial charge in [-0.15, -0.1) is 0 Å². The number of carboxylic acid groups (broad SMARTS) is 1. The van der Waals surface area contributed by atoms with Crippen LogP contribution in [0.2, 0.25) is 0 Å². The van der Waals surface area contributed by atoms with Crippen LogP contribution in [0.15, 0.2) is 66.7 Å². The van der Waals surface area contributed by atoms with E-state index in [-0.39, 0.29) is 0 Å². The van der Waals surface area contributed by atoms with Crippen molar-refractivity contribution in [1.29, 1.82) is 0 Å². The topological polar surface area (TPSA) is 63.6 Å². The molecule has 0 saturated carbocycles. The predicted octanol–water partition coefficient (Wildman–Crippen LogP) is 3.07. The van der Waals surface area contributed by atoms with Gasteiger partial charge in [0.15, 0.2) is 0 Å². The summed E-state index contributed by atoms with van der Waals surface area (Å²) in [7, 11) is 0. The molecule has 0 bridgehead atoms. The first-order valence-corrected chi connectivity index (χ1v) is 6.38.